The Kier molecular flexibility index (Phi) is 2.16. The maximum atomic E-state index is 11.8. The van der Waals surface area contributed by atoms with Crippen LogP contribution in [-0.4, -0.2) is 12.1 Å². The van der Waals surface area contributed by atoms with E-state index in [1.807, 2.05) is 18.2 Å². The van der Waals surface area contributed by atoms with Gasteiger partial charge in [0, 0.05) is 6.04 Å². The fourth-order valence-electron chi connectivity index (χ4n) is 4.28. The molecule has 3 aliphatic rings. The van der Waals surface area contributed by atoms with Crippen molar-refractivity contribution in [3.05, 3.63) is 30.3 Å². The van der Waals surface area contributed by atoms with Crippen LogP contribution in [0.5, 0.6) is 5.75 Å². The van der Waals surface area contributed by atoms with Crippen LogP contribution in [0, 0.1) is 23.7 Å². The summed E-state index contributed by atoms with van der Waals surface area (Å²) < 4.78 is 5.27. The lowest BCUT2D eigenvalue weighted by atomic mass is 10.0. The number of hydrogen-bond donors (Lipinski definition) is 1. The minimum atomic E-state index is -0.292. The van der Waals surface area contributed by atoms with Gasteiger partial charge in [0.1, 0.15) is 5.75 Å². The molecule has 0 aromatic heterocycles. The fraction of sp³-hybridized carbons (Fsp3) is 0.533. The van der Waals surface area contributed by atoms with Gasteiger partial charge in [-0.25, -0.2) is 4.79 Å². The zero-order valence-electron chi connectivity index (χ0n) is 10.2. The summed E-state index contributed by atoms with van der Waals surface area (Å²) in [5, 5.41) is 3.04. The van der Waals surface area contributed by atoms with E-state index in [0.717, 1.165) is 23.7 Å². The molecule has 4 unspecified atom stereocenters. The Bertz CT molecular complexity index is 457. The molecule has 3 aliphatic carbocycles. The molecule has 1 aromatic carbocycles. The first-order chi connectivity index (χ1) is 8.83. The summed E-state index contributed by atoms with van der Waals surface area (Å²) in [7, 11) is 0. The Morgan fingerprint density at radius 3 is 2.44 bits per heavy atom. The Morgan fingerprint density at radius 1 is 1.11 bits per heavy atom. The number of ether oxygens (including phenoxy) is 1. The van der Waals surface area contributed by atoms with Gasteiger partial charge in [0.25, 0.3) is 0 Å². The summed E-state index contributed by atoms with van der Waals surface area (Å²) in [5.41, 5.74) is 0. The number of para-hydroxylation sites is 1. The molecule has 3 saturated carbocycles. The molecule has 4 rings (SSSR count). The highest BCUT2D eigenvalue weighted by molar-refractivity contribution is 5.71. The summed E-state index contributed by atoms with van der Waals surface area (Å²) in [5.74, 6) is 3.88. The van der Waals surface area contributed by atoms with Crippen LogP contribution >= 0.6 is 0 Å². The summed E-state index contributed by atoms with van der Waals surface area (Å²) in [6, 6.07) is 9.65. The van der Waals surface area contributed by atoms with Gasteiger partial charge < -0.3 is 10.1 Å². The fourth-order valence-corrected chi connectivity index (χ4v) is 4.28. The summed E-state index contributed by atoms with van der Waals surface area (Å²) in [4.78, 5) is 11.8. The van der Waals surface area contributed by atoms with Crippen LogP contribution in [-0.2, 0) is 0 Å². The van der Waals surface area contributed by atoms with Crippen LogP contribution in [0.15, 0.2) is 30.3 Å². The van der Waals surface area contributed by atoms with Crippen molar-refractivity contribution in [3.63, 3.8) is 0 Å². The molecule has 3 heteroatoms. The second-order valence-corrected chi connectivity index (χ2v) is 5.86. The van der Waals surface area contributed by atoms with Gasteiger partial charge in [-0.2, -0.15) is 0 Å². The molecule has 0 saturated heterocycles. The van der Waals surface area contributed by atoms with Crippen LogP contribution in [0.3, 0.4) is 0 Å². The van der Waals surface area contributed by atoms with Gasteiger partial charge in [-0.1, -0.05) is 18.2 Å². The summed E-state index contributed by atoms with van der Waals surface area (Å²) >= 11 is 0. The maximum Gasteiger partial charge on any atom is 0.412 e. The van der Waals surface area contributed by atoms with Gasteiger partial charge in [-0.15, -0.1) is 0 Å². The normalized spacial score (nSPS) is 39.2. The Hall–Kier alpha value is -1.51. The van der Waals surface area contributed by atoms with Gasteiger partial charge in [-0.05, 0) is 55.1 Å². The van der Waals surface area contributed by atoms with Gasteiger partial charge >= 0.3 is 6.09 Å². The van der Waals surface area contributed by atoms with E-state index >= 15 is 0 Å². The highest BCUT2D eigenvalue weighted by atomic mass is 16.6. The van der Waals surface area contributed by atoms with Crippen LogP contribution < -0.4 is 10.1 Å². The van der Waals surface area contributed by atoms with Crippen LogP contribution in [0.1, 0.15) is 19.3 Å². The largest absolute Gasteiger partial charge is 0.412 e. The van der Waals surface area contributed by atoms with Crippen molar-refractivity contribution in [2.45, 2.75) is 25.3 Å². The molecular weight excluding hydrogens is 226 g/mol. The van der Waals surface area contributed by atoms with Crippen LogP contribution in [0.25, 0.3) is 0 Å². The number of rotatable bonds is 2. The van der Waals surface area contributed by atoms with E-state index in [1.54, 1.807) is 12.1 Å². The predicted molar refractivity (Wildman–Crippen MR) is 67.2 cm³/mol. The quantitative estimate of drug-likeness (QED) is 0.867. The molecule has 1 aromatic rings. The summed E-state index contributed by atoms with van der Waals surface area (Å²) in [6.07, 6.45) is 3.86. The first-order valence-corrected chi connectivity index (χ1v) is 6.86. The second kappa shape index (κ2) is 3.74. The topological polar surface area (TPSA) is 38.3 Å². The molecule has 0 radical (unpaired) electrons. The molecule has 3 fully saturated rings. The number of nitrogens with one attached hydrogen (secondary N) is 1. The van der Waals surface area contributed by atoms with E-state index in [-0.39, 0.29) is 6.09 Å². The number of benzene rings is 1. The predicted octanol–water partition coefficient (Wildman–Crippen LogP) is 2.82. The number of carbonyl (C=O) groups excluding carboxylic acids is 1. The SMILES string of the molecule is O=C(NC1C2C3CCC(C3)C12)Oc1ccccc1. The van der Waals surface area contributed by atoms with Crippen molar-refractivity contribution < 1.29 is 9.53 Å². The van der Waals surface area contributed by atoms with E-state index in [9.17, 15) is 4.79 Å². The second-order valence-electron chi connectivity index (χ2n) is 5.86. The first kappa shape index (κ1) is 10.4. The zero-order chi connectivity index (χ0) is 12.1. The van der Waals surface area contributed by atoms with Crippen molar-refractivity contribution in [2.75, 3.05) is 0 Å². The average Bonchev–Trinajstić information content (AvgIpc) is 2.79. The van der Waals surface area contributed by atoms with Gasteiger partial charge in [-0.3, -0.25) is 0 Å². The monoisotopic (exact) mass is 243 g/mol. The standard InChI is InChI=1S/C15H17NO2/c17-15(18-11-4-2-1-3-5-11)16-14-12-9-6-7-10(8-9)13(12)14/h1-5,9-10,12-14H,6-8H2,(H,16,17). The molecule has 1 N–H and O–H groups in total. The third-order valence-electron chi connectivity index (χ3n) is 4.97. The van der Waals surface area contributed by atoms with Gasteiger partial charge in [0.2, 0.25) is 0 Å². The number of fused-ring (bicyclic) bond motifs is 5. The molecular formula is C15H17NO2. The highest BCUT2D eigenvalue weighted by Crippen LogP contribution is 2.65. The lowest BCUT2D eigenvalue weighted by molar-refractivity contribution is 0.197. The Balaban J connectivity index is 1.35. The van der Waals surface area contributed by atoms with Crippen LogP contribution in [0.4, 0.5) is 4.79 Å². The van der Waals surface area contributed by atoms with Crippen LogP contribution in [0.2, 0.25) is 0 Å². The van der Waals surface area contributed by atoms with Crippen molar-refractivity contribution in [3.8, 4) is 5.75 Å². The highest BCUT2D eigenvalue weighted by Gasteiger charge is 2.65. The lowest BCUT2D eigenvalue weighted by Crippen LogP contribution is -2.32. The van der Waals surface area contributed by atoms with Crippen molar-refractivity contribution in [1.29, 1.82) is 0 Å². The molecule has 94 valence electrons. The van der Waals surface area contributed by atoms with E-state index in [1.165, 1.54) is 19.3 Å². The van der Waals surface area contributed by atoms with E-state index in [4.69, 9.17) is 4.74 Å². The minimum Gasteiger partial charge on any atom is -0.410 e. The Labute approximate surface area is 107 Å². The lowest BCUT2D eigenvalue weighted by Gasteiger charge is -2.10. The number of amides is 1. The molecule has 4 atom stereocenters. The smallest absolute Gasteiger partial charge is 0.410 e. The summed E-state index contributed by atoms with van der Waals surface area (Å²) in [6.45, 7) is 0. The molecule has 1 amide bonds. The van der Waals surface area contributed by atoms with Gasteiger partial charge in [0.15, 0.2) is 0 Å². The molecule has 0 spiro atoms. The van der Waals surface area contributed by atoms with E-state index in [2.05, 4.69) is 5.32 Å². The van der Waals surface area contributed by atoms with E-state index in [0.29, 0.717) is 11.8 Å². The first-order valence-electron chi connectivity index (χ1n) is 6.86. The van der Waals surface area contributed by atoms with Crippen molar-refractivity contribution >= 4 is 6.09 Å². The van der Waals surface area contributed by atoms with E-state index < -0.39 is 0 Å². The molecule has 0 aliphatic heterocycles. The van der Waals surface area contributed by atoms with Crippen molar-refractivity contribution in [1.82, 2.24) is 5.32 Å². The third kappa shape index (κ3) is 1.53. The minimum absolute atomic E-state index is 0.292. The molecule has 3 nitrogen and oxygen atoms in total. The maximum absolute atomic E-state index is 11.8. The van der Waals surface area contributed by atoms with Gasteiger partial charge in [0.05, 0.1) is 0 Å². The Morgan fingerprint density at radius 2 is 1.78 bits per heavy atom. The number of hydrogen-bond acceptors (Lipinski definition) is 2. The molecule has 2 bridgehead atoms. The third-order valence-corrected chi connectivity index (χ3v) is 4.97. The average molecular weight is 243 g/mol. The molecule has 0 heterocycles. The zero-order valence-corrected chi connectivity index (χ0v) is 10.2. The van der Waals surface area contributed by atoms with Crippen molar-refractivity contribution in [2.24, 2.45) is 23.7 Å². The number of carbonyl (C=O) groups is 1. The molecule has 18 heavy (non-hydrogen) atoms.